The number of aryl methyl sites for hydroxylation is 1. The summed E-state index contributed by atoms with van der Waals surface area (Å²) in [6.07, 6.45) is 1.78. The highest BCUT2D eigenvalue weighted by atomic mass is 35.5. The summed E-state index contributed by atoms with van der Waals surface area (Å²) in [6, 6.07) is 10.4. The third-order valence-electron chi connectivity index (χ3n) is 4.39. The monoisotopic (exact) mass is 390 g/mol. The lowest BCUT2D eigenvalue weighted by Gasteiger charge is -2.31. The summed E-state index contributed by atoms with van der Waals surface area (Å²) in [5, 5.41) is 3.66. The summed E-state index contributed by atoms with van der Waals surface area (Å²) in [5.74, 6) is -0.248. The van der Waals surface area contributed by atoms with Gasteiger partial charge in [-0.05, 0) is 54.8 Å². The van der Waals surface area contributed by atoms with Gasteiger partial charge in [-0.3, -0.25) is 9.59 Å². The normalized spacial score (nSPS) is 13.5. The fraction of sp³-hybridized carbons (Fsp3) is 0.300. The molecule has 0 atom stereocenters. The molecule has 0 unspecified atom stereocenters. The van der Waals surface area contributed by atoms with Crippen LogP contribution in [-0.4, -0.2) is 18.4 Å². The van der Waals surface area contributed by atoms with Crippen molar-refractivity contribution in [1.82, 2.24) is 0 Å². The Hall–Kier alpha value is -2.04. The second-order valence-electron chi connectivity index (χ2n) is 6.67. The van der Waals surface area contributed by atoms with Crippen molar-refractivity contribution in [3.63, 3.8) is 0 Å². The number of anilines is 2. The van der Waals surface area contributed by atoms with E-state index < -0.39 is 0 Å². The van der Waals surface area contributed by atoms with Crippen LogP contribution in [0.1, 0.15) is 36.2 Å². The van der Waals surface area contributed by atoms with Crippen molar-refractivity contribution >= 4 is 46.4 Å². The third kappa shape index (κ3) is 3.87. The molecular formula is C20H20Cl2N2O2. The molecule has 6 heteroatoms. The zero-order valence-corrected chi connectivity index (χ0v) is 16.2. The second kappa shape index (κ2) is 7.68. The van der Waals surface area contributed by atoms with Gasteiger partial charge in [0.2, 0.25) is 5.91 Å². The van der Waals surface area contributed by atoms with Crippen molar-refractivity contribution in [2.75, 3.05) is 16.8 Å². The maximum Gasteiger partial charge on any atom is 0.257 e. The molecule has 0 aromatic heterocycles. The van der Waals surface area contributed by atoms with Crippen LogP contribution in [-0.2, 0) is 11.2 Å². The Bertz CT molecular complexity index is 865. The Morgan fingerprint density at radius 2 is 1.88 bits per heavy atom. The van der Waals surface area contributed by atoms with Crippen molar-refractivity contribution in [3.05, 3.63) is 57.6 Å². The fourth-order valence-electron chi connectivity index (χ4n) is 3.09. The number of halogens is 2. The van der Waals surface area contributed by atoms with Crippen molar-refractivity contribution in [1.29, 1.82) is 0 Å². The van der Waals surface area contributed by atoms with Gasteiger partial charge in [0.25, 0.3) is 5.91 Å². The maximum atomic E-state index is 12.5. The van der Waals surface area contributed by atoms with Gasteiger partial charge in [-0.1, -0.05) is 37.0 Å². The predicted molar refractivity (Wildman–Crippen MR) is 106 cm³/mol. The Balaban J connectivity index is 1.84. The average Bonchev–Trinajstić information content (AvgIpc) is 2.62. The van der Waals surface area contributed by atoms with Crippen molar-refractivity contribution in [3.8, 4) is 0 Å². The van der Waals surface area contributed by atoms with Gasteiger partial charge in [-0.2, -0.15) is 0 Å². The van der Waals surface area contributed by atoms with Gasteiger partial charge in [-0.25, -0.2) is 0 Å². The summed E-state index contributed by atoms with van der Waals surface area (Å²) in [7, 11) is 0. The molecule has 1 N–H and O–H groups in total. The molecule has 2 aromatic rings. The molecule has 1 aliphatic rings. The van der Waals surface area contributed by atoms with E-state index in [0.29, 0.717) is 21.3 Å². The van der Waals surface area contributed by atoms with Gasteiger partial charge in [0.1, 0.15) is 0 Å². The Morgan fingerprint density at radius 1 is 1.12 bits per heavy atom. The summed E-state index contributed by atoms with van der Waals surface area (Å²) in [5.41, 5.74) is 2.98. The minimum absolute atomic E-state index is 0.0506. The van der Waals surface area contributed by atoms with E-state index in [2.05, 4.69) is 5.32 Å². The first-order valence-electron chi connectivity index (χ1n) is 8.57. The van der Waals surface area contributed by atoms with E-state index in [1.807, 2.05) is 30.9 Å². The zero-order valence-electron chi connectivity index (χ0n) is 14.7. The van der Waals surface area contributed by atoms with Gasteiger partial charge in [0, 0.05) is 28.9 Å². The molecule has 2 amide bonds. The number of hydrogen-bond acceptors (Lipinski definition) is 2. The highest BCUT2D eigenvalue weighted by molar-refractivity contribution is 6.36. The topological polar surface area (TPSA) is 49.4 Å². The summed E-state index contributed by atoms with van der Waals surface area (Å²) in [4.78, 5) is 26.7. The molecule has 2 aromatic carbocycles. The number of hydrogen-bond donors (Lipinski definition) is 1. The lowest BCUT2D eigenvalue weighted by molar-refractivity contribution is -0.121. The SMILES string of the molecule is CC(C)C(=O)N1CCCc2cc(NC(=O)c3cc(Cl)ccc3Cl)ccc21. The number of rotatable bonds is 3. The van der Waals surface area contributed by atoms with Crippen molar-refractivity contribution in [2.45, 2.75) is 26.7 Å². The van der Waals surface area contributed by atoms with Gasteiger partial charge < -0.3 is 10.2 Å². The number of fused-ring (bicyclic) bond motifs is 1. The molecule has 4 nitrogen and oxygen atoms in total. The Morgan fingerprint density at radius 3 is 2.62 bits per heavy atom. The largest absolute Gasteiger partial charge is 0.322 e. The first-order valence-corrected chi connectivity index (χ1v) is 9.33. The number of carbonyl (C=O) groups excluding carboxylic acids is 2. The van der Waals surface area contributed by atoms with Crippen LogP contribution in [0, 0.1) is 5.92 Å². The number of nitrogens with one attached hydrogen (secondary N) is 1. The van der Waals surface area contributed by atoms with E-state index in [1.165, 1.54) is 0 Å². The smallest absolute Gasteiger partial charge is 0.257 e. The predicted octanol–water partition coefficient (Wildman–Crippen LogP) is 5.18. The molecule has 0 aliphatic carbocycles. The first-order chi connectivity index (χ1) is 12.4. The Kier molecular flexibility index (Phi) is 5.54. The van der Waals surface area contributed by atoms with E-state index in [4.69, 9.17) is 23.2 Å². The van der Waals surface area contributed by atoms with Gasteiger partial charge >= 0.3 is 0 Å². The van der Waals surface area contributed by atoms with E-state index in [-0.39, 0.29) is 17.7 Å². The van der Waals surface area contributed by atoms with Gasteiger partial charge in [0.15, 0.2) is 0 Å². The van der Waals surface area contributed by atoms with E-state index in [0.717, 1.165) is 30.6 Å². The van der Waals surface area contributed by atoms with Crippen LogP contribution in [0.25, 0.3) is 0 Å². The molecular weight excluding hydrogens is 371 g/mol. The van der Waals surface area contributed by atoms with Crippen LogP contribution in [0.2, 0.25) is 10.0 Å². The van der Waals surface area contributed by atoms with E-state index >= 15 is 0 Å². The molecule has 1 heterocycles. The lowest BCUT2D eigenvalue weighted by Crippen LogP contribution is -2.38. The first kappa shape index (κ1) is 18.7. The van der Waals surface area contributed by atoms with Crippen LogP contribution in [0.4, 0.5) is 11.4 Å². The average molecular weight is 391 g/mol. The van der Waals surface area contributed by atoms with Crippen LogP contribution in [0.5, 0.6) is 0 Å². The van der Waals surface area contributed by atoms with E-state index in [1.54, 1.807) is 24.3 Å². The van der Waals surface area contributed by atoms with Crippen LogP contribution in [0.15, 0.2) is 36.4 Å². The standard InChI is InChI=1S/C20H20Cl2N2O2/c1-12(2)20(26)24-9-3-4-13-10-15(6-8-18(13)24)23-19(25)16-11-14(21)5-7-17(16)22/h5-8,10-12H,3-4,9H2,1-2H3,(H,23,25). The lowest BCUT2D eigenvalue weighted by atomic mass is 9.99. The minimum Gasteiger partial charge on any atom is -0.322 e. The summed E-state index contributed by atoms with van der Waals surface area (Å²) < 4.78 is 0. The van der Waals surface area contributed by atoms with E-state index in [9.17, 15) is 9.59 Å². The van der Waals surface area contributed by atoms with Gasteiger partial charge in [0.05, 0.1) is 10.6 Å². The molecule has 3 rings (SSSR count). The Labute approximate surface area is 163 Å². The summed E-state index contributed by atoms with van der Waals surface area (Å²) >= 11 is 12.0. The molecule has 0 spiro atoms. The van der Waals surface area contributed by atoms with Crippen LogP contribution >= 0.6 is 23.2 Å². The second-order valence-corrected chi connectivity index (χ2v) is 7.51. The summed E-state index contributed by atoms with van der Waals surface area (Å²) in [6.45, 7) is 4.54. The maximum absolute atomic E-state index is 12.5. The highest BCUT2D eigenvalue weighted by Crippen LogP contribution is 2.31. The van der Waals surface area contributed by atoms with Crippen LogP contribution in [0.3, 0.4) is 0 Å². The minimum atomic E-state index is -0.316. The molecule has 0 bridgehead atoms. The molecule has 1 aliphatic heterocycles. The fourth-order valence-corrected chi connectivity index (χ4v) is 3.46. The van der Waals surface area contributed by atoms with Gasteiger partial charge in [-0.15, -0.1) is 0 Å². The number of benzene rings is 2. The molecule has 26 heavy (non-hydrogen) atoms. The molecule has 0 saturated heterocycles. The van der Waals surface area contributed by atoms with Crippen molar-refractivity contribution < 1.29 is 9.59 Å². The number of nitrogens with zero attached hydrogens (tertiary/aromatic N) is 1. The molecule has 0 radical (unpaired) electrons. The molecule has 136 valence electrons. The third-order valence-corrected chi connectivity index (χ3v) is 4.95. The number of amides is 2. The number of carbonyl (C=O) groups is 2. The quantitative estimate of drug-likeness (QED) is 0.784. The zero-order chi connectivity index (χ0) is 18.8. The van der Waals surface area contributed by atoms with Crippen molar-refractivity contribution in [2.24, 2.45) is 5.92 Å². The molecule has 0 fully saturated rings. The highest BCUT2D eigenvalue weighted by Gasteiger charge is 2.24. The molecule has 0 saturated carbocycles. The van der Waals surface area contributed by atoms with Crippen LogP contribution < -0.4 is 10.2 Å².